The van der Waals surface area contributed by atoms with Gasteiger partial charge in [0.15, 0.2) is 0 Å². The molecule has 3 aromatic carbocycles. The van der Waals surface area contributed by atoms with Crippen molar-refractivity contribution in [2.75, 3.05) is 6.61 Å². The molecule has 3 aromatic rings. The standard InChI is InChI=1S/C22H21FO/c1-3-5-6-16-7-9-17(10-8-16)20-13-11-18-15-19(24-4-2)12-14-21(18)22(20)23/h3,7-15H,1,4-6H2,2H3. The van der Waals surface area contributed by atoms with Crippen molar-refractivity contribution in [3.05, 3.63) is 78.6 Å². The topological polar surface area (TPSA) is 9.23 Å². The molecule has 0 aliphatic rings. The molecule has 0 spiro atoms. The monoisotopic (exact) mass is 320 g/mol. The summed E-state index contributed by atoms with van der Waals surface area (Å²) in [5.74, 6) is 0.582. The maximum absolute atomic E-state index is 14.9. The molecule has 24 heavy (non-hydrogen) atoms. The smallest absolute Gasteiger partial charge is 0.138 e. The van der Waals surface area contributed by atoms with Gasteiger partial charge in [-0.3, -0.25) is 0 Å². The van der Waals surface area contributed by atoms with Crippen molar-refractivity contribution >= 4 is 10.8 Å². The molecule has 0 aromatic heterocycles. The first-order valence-corrected chi connectivity index (χ1v) is 8.28. The highest BCUT2D eigenvalue weighted by atomic mass is 19.1. The highest BCUT2D eigenvalue weighted by Gasteiger charge is 2.10. The predicted octanol–water partition coefficient (Wildman–Crippen LogP) is 6.16. The number of rotatable bonds is 6. The second kappa shape index (κ2) is 7.31. The molecule has 3 rings (SSSR count). The minimum atomic E-state index is -0.186. The van der Waals surface area contributed by atoms with Gasteiger partial charge in [0.05, 0.1) is 6.61 Å². The van der Waals surface area contributed by atoms with E-state index in [9.17, 15) is 4.39 Å². The first-order chi connectivity index (χ1) is 11.7. The summed E-state index contributed by atoms with van der Waals surface area (Å²) in [6.07, 6.45) is 3.82. The third-order valence-corrected chi connectivity index (χ3v) is 4.14. The van der Waals surface area contributed by atoms with Gasteiger partial charge in [-0.25, -0.2) is 4.39 Å². The molecule has 0 aliphatic heterocycles. The zero-order valence-electron chi connectivity index (χ0n) is 13.9. The van der Waals surface area contributed by atoms with Crippen LogP contribution in [0.4, 0.5) is 4.39 Å². The average molecular weight is 320 g/mol. The Morgan fingerprint density at radius 2 is 1.83 bits per heavy atom. The van der Waals surface area contributed by atoms with E-state index in [0.717, 1.165) is 29.5 Å². The van der Waals surface area contributed by atoms with Gasteiger partial charge in [0.25, 0.3) is 0 Å². The summed E-state index contributed by atoms with van der Waals surface area (Å²) in [7, 11) is 0. The molecule has 1 nitrogen and oxygen atoms in total. The molecule has 0 radical (unpaired) electrons. The van der Waals surface area contributed by atoms with Gasteiger partial charge >= 0.3 is 0 Å². The lowest BCUT2D eigenvalue weighted by Gasteiger charge is -2.10. The van der Waals surface area contributed by atoms with Crippen LogP contribution in [0.3, 0.4) is 0 Å². The minimum absolute atomic E-state index is 0.186. The summed E-state index contributed by atoms with van der Waals surface area (Å²) in [4.78, 5) is 0. The Kier molecular flexibility index (Phi) is 4.95. The highest BCUT2D eigenvalue weighted by molar-refractivity contribution is 5.89. The van der Waals surface area contributed by atoms with E-state index in [1.165, 1.54) is 5.56 Å². The molecular formula is C22H21FO. The van der Waals surface area contributed by atoms with Crippen LogP contribution in [0.5, 0.6) is 5.75 Å². The molecule has 0 amide bonds. The number of hydrogen-bond donors (Lipinski definition) is 0. The van der Waals surface area contributed by atoms with Crippen molar-refractivity contribution in [1.29, 1.82) is 0 Å². The Bertz CT molecular complexity index is 850. The van der Waals surface area contributed by atoms with Gasteiger partial charge in [-0.05, 0) is 54.5 Å². The fourth-order valence-electron chi connectivity index (χ4n) is 2.87. The molecule has 0 unspecified atom stereocenters. The van der Waals surface area contributed by atoms with Crippen LogP contribution >= 0.6 is 0 Å². The number of ether oxygens (including phenoxy) is 1. The predicted molar refractivity (Wildman–Crippen MR) is 99.0 cm³/mol. The van der Waals surface area contributed by atoms with Crippen LogP contribution in [0.15, 0.2) is 67.3 Å². The van der Waals surface area contributed by atoms with E-state index in [4.69, 9.17) is 4.74 Å². The van der Waals surface area contributed by atoms with Gasteiger partial charge in [0.1, 0.15) is 11.6 Å². The molecule has 0 saturated carbocycles. The van der Waals surface area contributed by atoms with Crippen molar-refractivity contribution < 1.29 is 9.13 Å². The van der Waals surface area contributed by atoms with Crippen LogP contribution in [-0.2, 0) is 6.42 Å². The van der Waals surface area contributed by atoms with Crippen LogP contribution in [0.2, 0.25) is 0 Å². The summed E-state index contributed by atoms with van der Waals surface area (Å²) in [5.41, 5.74) is 2.76. The third kappa shape index (κ3) is 3.33. The Hall–Kier alpha value is -2.61. The number of halogens is 1. The summed E-state index contributed by atoms with van der Waals surface area (Å²) in [6.45, 7) is 6.28. The molecule has 122 valence electrons. The van der Waals surface area contributed by atoms with E-state index in [-0.39, 0.29) is 5.82 Å². The van der Waals surface area contributed by atoms with Gasteiger partial charge < -0.3 is 4.74 Å². The summed E-state index contributed by atoms with van der Waals surface area (Å²) in [5, 5.41) is 1.47. The van der Waals surface area contributed by atoms with Gasteiger partial charge in [0, 0.05) is 10.9 Å². The SMILES string of the molecule is C=CCCc1ccc(-c2ccc3cc(OCC)ccc3c2F)cc1. The fourth-order valence-corrected chi connectivity index (χ4v) is 2.87. The number of benzene rings is 3. The fraction of sp³-hybridized carbons (Fsp3) is 0.182. The number of allylic oxidation sites excluding steroid dienone is 1. The third-order valence-electron chi connectivity index (χ3n) is 4.14. The zero-order valence-corrected chi connectivity index (χ0v) is 13.9. The number of fused-ring (bicyclic) bond motifs is 1. The Morgan fingerprint density at radius 1 is 1.04 bits per heavy atom. The van der Waals surface area contributed by atoms with Crippen molar-refractivity contribution in [1.82, 2.24) is 0 Å². The summed E-state index contributed by atoms with van der Waals surface area (Å²) >= 11 is 0. The molecule has 0 fully saturated rings. The van der Waals surface area contributed by atoms with Gasteiger partial charge in [0.2, 0.25) is 0 Å². The summed E-state index contributed by atoms with van der Waals surface area (Å²) in [6, 6.07) is 17.3. The van der Waals surface area contributed by atoms with Crippen LogP contribution in [0, 0.1) is 5.82 Å². The van der Waals surface area contributed by atoms with Gasteiger partial charge in [-0.1, -0.05) is 42.5 Å². The Morgan fingerprint density at radius 3 is 2.54 bits per heavy atom. The first-order valence-electron chi connectivity index (χ1n) is 8.28. The van der Waals surface area contributed by atoms with E-state index in [0.29, 0.717) is 17.6 Å². The van der Waals surface area contributed by atoms with E-state index >= 15 is 0 Å². The molecule has 2 heteroatoms. The molecule has 0 aliphatic carbocycles. The molecule has 0 atom stereocenters. The number of aryl methyl sites for hydroxylation is 1. The lowest BCUT2D eigenvalue weighted by atomic mass is 9.98. The maximum atomic E-state index is 14.9. The lowest BCUT2D eigenvalue weighted by molar-refractivity contribution is 0.340. The van der Waals surface area contributed by atoms with Crippen molar-refractivity contribution in [2.24, 2.45) is 0 Å². The first kappa shape index (κ1) is 16.3. The van der Waals surface area contributed by atoms with E-state index in [1.807, 2.05) is 49.4 Å². The second-order valence-electron chi connectivity index (χ2n) is 5.77. The van der Waals surface area contributed by atoms with Crippen molar-refractivity contribution in [2.45, 2.75) is 19.8 Å². The normalized spacial score (nSPS) is 10.8. The number of hydrogen-bond acceptors (Lipinski definition) is 1. The average Bonchev–Trinajstić information content (AvgIpc) is 2.61. The molecule has 0 bridgehead atoms. The summed E-state index contributed by atoms with van der Waals surface area (Å²) < 4.78 is 20.4. The molecule has 0 N–H and O–H groups in total. The van der Waals surface area contributed by atoms with Crippen molar-refractivity contribution in [3.63, 3.8) is 0 Å². The molecular weight excluding hydrogens is 299 g/mol. The highest BCUT2D eigenvalue weighted by Crippen LogP contribution is 2.31. The Labute approximate surface area is 142 Å². The van der Waals surface area contributed by atoms with Gasteiger partial charge in [-0.15, -0.1) is 6.58 Å². The van der Waals surface area contributed by atoms with Crippen LogP contribution < -0.4 is 4.74 Å². The van der Waals surface area contributed by atoms with E-state index < -0.39 is 0 Å². The zero-order chi connectivity index (χ0) is 16.9. The minimum Gasteiger partial charge on any atom is -0.494 e. The van der Waals surface area contributed by atoms with Gasteiger partial charge in [-0.2, -0.15) is 0 Å². The molecule has 0 saturated heterocycles. The van der Waals surface area contributed by atoms with Crippen LogP contribution in [0.1, 0.15) is 18.9 Å². The second-order valence-corrected chi connectivity index (χ2v) is 5.77. The maximum Gasteiger partial charge on any atom is 0.138 e. The largest absolute Gasteiger partial charge is 0.494 e. The van der Waals surface area contributed by atoms with E-state index in [2.05, 4.69) is 18.7 Å². The quantitative estimate of drug-likeness (QED) is 0.494. The Balaban J connectivity index is 1.96. The van der Waals surface area contributed by atoms with E-state index in [1.54, 1.807) is 6.07 Å². The van der Waals surface area contributed by atoms with Crippen LogP contribution in [0.25, 0.3) is 21.9 Å². The van der Waals surface area contributed by atoms with Crippen LogP contribution in [-0.4, -0.2) is 6.61 Å². The molecule has 0 heterocycles. The van der Waals surface area contributed by atoms with Crippen molar-refractivity contribution in [3.8, 4) is 16.9 Å². The lowest BCUT2D eigenvalue weighted by Crippen LogP contribution is -1.92.